The fraction of sp³-hybridized carbons (Fsp3) is 0.412. The van der Waals surface area contributed by atoms with Crippen LogP contribution in [0.25, 0.3) is 0 Å². The fourth-order valence-electron chi connectivity index (χ4n) is 3.01. The van der Waals surface area contributed by atoms with E-state index in [4.69, 9.17) is 9.26 Å². The van der Waals surface area contributed by atoms with Crippen LogP contribution < -0.4 is 0 Å². The Morgan fingerprint density at radius 1 is 1.38 bits per heavy atom. The lowest BCUT2D eigenvalue weighted by Crippen LogP contribution is -2.39. The third-order valence-electron chi connectivity index (χ3n) is 4.11. The van der Waals surface area contributed by atoms with Crippen LogP contribution in [0, 0.1) is 6.92 Å². The molecule has 126 valence electrons. The number of aromatic nitrogens is 2. The zero-order chi connectivity index (χ0) is 17.1. The Balaban J connectivity index is 1.70. The van der Waals surface area contributed by atoms with E-state index in [2.05, 4.69) is 10.1 Å². The normalized spacial score (nSPS) is 16.6. The van der Waals surface area contributed by atoms with Crippen LogP contribution in [0.1, 0.15) is 42.2 Å². The second kappa shape index (κ2) is 6.82. The molecule has 2 heterocycles. The first-order valence-electron chi connectivity index (χ1n) is 7.84. The molecule has 0 radical (unpaired) electrons. The van der Waals surface area contributed by atoms with Crippen LogP contribution in [0.4, 0.5) is 0 Å². The van der Waals surface area contributed by atoms with Crippen LogP contribution >= 0.6 is 0 Å². The molecule has 24 heavy (non-hydrogen) atoms. The van der Waals surface area contributed by atoms with Crippen molar-refractivity contribution < 1.29 is 18.8 Å². The molecule has 0 unspecified atom stereocenters. The van der Waals surface area contributed by atoms with Gasteiger partial charge in [-0.15, -0.1) is 0 Å². The van der Waals surface area contributed by atoms with Crippen molar-refractivity contribution in [2.45, 2.75) is 39.3 Å². The smallest absolute Gasteiger partial charge is 0.308 e. The van der Waals surface area contributed by atoms with Gasteiger partial charge in [-0.05, 0) is 17.5 Å². The molecule has 0 aliphatic carbocycles. The Bertz CT molecular complexity index is 756. The number of carbonyl (C=O) groups excluding carboxylic acids is 2. The summed E-state index contributed by atoms with van der Waals surface area (Å²) in [7, 11) is 0. The quantitative estimate of drug-likeness (QED) is 0.797. The molecule has 0 spiro atoms. The lowest BCUT2D eigenvalue weighted by Gasteiger charge is -2.36. The fourth-order valence-corrected chi connectivity index (χ4v) is 3.01. The van der Waals surface area contributed by atoms with E-state index in [0.29, 0.717) is 18.3 Å². The minimum Gasteiger partial charge on any atom is -0.457 e. The maximum atomic E-state index is 12.2. The number of ether oxygens (including phenoxy) is 1. The Morgan fingerprint density at radius 2 is 2.17 bits per heavy atom. The third-order valence-corrected chi connectivity index (χ3v) is 4.11. The minimum atomic E-state index is -0.398. The summed E-state index contributed by atoms with van der Waals surface area (Å²) in [5, 5.41) is 3.69. The van der Waals surface area contributed by atoms with Gasteiger partial charge in [-0.3, -0.25) is 9.59 Å². The van der Waals surface area contributed by atoms with Crippen molar-refractivity contribution in [2.75, 3.05) is 6.54 Å². The summed E-state index contributed by atoms with van der Waals surface area (Å²) in [6.07, 6.45) is 0.900. The van der Waals surface area contributed by atoms with Crippen molar-refractivity contribution in [3.05, 3.63) is 47.1 Å². The van der Waals surface area contributed by atoms with Gasteiger partial charge in [-0.1, -0.05) is 29.4 Å². The van der Waals surface area contributed by atoms with E-state index in [9.17, 15) is 9.59 Å². The summed E-state index contributed by atoms with van der Waals surface area (Å²) >= 11 is 0. The molecular weight excluding hydrogens is 310 g/mol. The van der Waals surface area contributed by atoms with Gasteiger partial charge in [0.15, 0.2) is 6.61 Å². The van der Waals surface area contributed by atoms with Crippen molar-refractivity contribution in [1.29, 1.82) is 0 Å². The van der Waals surface area contributed by atoms with Gasteiger partial charge in [0.05, 0.1) is 12.5 Å². The molecule has 2 aromatic rings. The van der Waals surface area contributed by atoms with Crippen molar-refractivity contribution in [1.82, 2.24) is 15.0 Å². The Kier molecular flexibility index (Phi) is 4.59. The monoisotopic (exact) mass is 329 g/mol. The highest BCUT2D eigenvalue weighted by Crippen LogP contribution is 2.32. The van der Waals surface area contributed by atoms with Crippen LogP contribution in [0.2, 0.25) is 0 Å². The largest absolute Gasteiger partial charge is 0.457 e. The SMILES string of the molecule is CC(=O)N1CCc2ccccc2[C@@H]1CC(=O)OCc1noc(C)n1. The van der Waals surface area contributed by atoms with Gasteiger partial charge in [0.25, 0.3) is 0 Å². The summed E-state index contributed by atoms with van der Waals surface area (Å²) in [6, 6.07) is 7.59. The van der Waals surface area contributed by atoms with Gasteiger partial charge >= 0.3 is 5.97 Å². The van der Waals surface area contributed by atoms with Gasteiger partial charge in [-0.25, -0.2) is 0 Å². The number of fused-ring (bicyclic) bond motifs is 1. The molecule has 1 aromatic heterocycles. The summed E-state index contributed by atoms with van der Waals surface area (Å²) in [5.74, 6) is 0.305. The predicted octanol–water partition coefficient (Wildman–Crippen LogP) is 1.96. The molecule has 0 N–H and O–H groups in total. The molecule has 1 atom stereocenters. The molecule has 0 fully saturated rings. The van der Waals surface area contributed by atoms with Crippen LogP contribution in [0.15, 0.2) is 28.8 Å². The second-order valence-corrected chi connectivity index (χ2v) is 5.77. The summed E-state index contributed by atoms with van der Waals surface area (Å²) in [4.78, 5) is 29.9. The number of esters is 1. The number of benzene rings is 1. The van der Waals surface area contributed by atoms with Crippen LogP contribution in [-0.4, -0.2) is 33.5 Å². The molecule has 3 rings (SSSR count). The zero-order valence-electron chi connectivity index (χ0n) is 13.7. The minimum absolute atomic E-state index is 0.0371. The lowest BCUT2D eigenvalue weighted by molar-refractivity contribution is -0.148. The van der Waals surface area contributed by atoms with E-state index in [-0.39, 0.29) is 25.0 Å². The number of rotatable bonds is 4. The summed E-state index contributed by atoms with van der Waals surface area (Å²) in [5.41, 5.74) is 2.17. The van der Waals surface area contributed by atoms with Gasteiger partial charge in [0.1, 0.15) is 0 Å². The number of hydrogen-bond donors (Lipinski definition) is 0. The van der Waals surface area contributed by atoms with Crippen molar-refractivity contribution in [3.8, 4) is 0 Å². The van der Waals surface area contributed by atoms with E-state index in [1.165, 1.54) is 12.5 Å². The van der Waals surface area contributed by atoms with Crippen molar-refractivity contribution >= 4 is 11.9 Å². The molecule has 1 aliphatic rings. The molecule has 7 heteroatoms. The van der Waals surface area contributed by atoms with E-state index < -0.39 is 5.97 Å². The number of carbonyl (C=O) groups is 2. The molecule has 1 aliphatic heterocycles. The highest BCUT2D eigenvalue weighted by atomic mass is 16.5. The average Bonchev–Trinajstić information content (AvgIpc) is 2.98. The summed E-state index contributed by atoms with van der Waals surface area (Å²) < 4.78 is 10.1. The second-order valence-electron chi connectivity index (χ2n) is 5.77. The first kappa shape index (κ1) is 16.2. The first-order valence-corrected chi connectivity index (χ1v) is 7.84. The van der Waals surface area contributed by atoms with E-state index in [0.717, 1.165) is 12.0 Å². The van der Waals surface area contributed by atoms with Crippen molar-refractivity contribution in [3.63, 3.8) is 0 Å². The number of amides is 1. The van der Waals surface area contributed by atoms with E-state index in [1.54, 1.807) is 11.8 Å². The average molecular weight is 329 g/mol. The first-order chi connectivity index (χ1) is 11.5. The molecule has 0 bridgehead atoms. The number of hydrogen-bond acceptors (Lipinski definition) is 6. The van der Waals surface area contributed by atoms with Crippen LogP contribution in [-0.2, 0) is 27.4 Å². The molecule has 7 nitrogen and oxygen atoms in total. The Morgan fingerprint density at radius 3 is 2.88 bits per heavy atom. The highest BCUT2D eigenvalue weighted by Gasteiger charge is 2.31. The van der Waals surface area contributed by atoms with Gasteiger partial charge in [-0.2, -0.15) is 4.98 Å². The number of nitrogens with zero attached hydrogens (tertiary/aromatic N) is 3. The zero-order valence-corrected chi connectivity index (χ0v) is 13.7. The predicted molar refractivity (Wildman–Crippen MR) is 83.7 cm³/mol. The number of aryl methyl sites for hydroxylation is 1. The van der Waals surface area contributed by atoms with Gasteiger partial charge in [0.2, 0.25) is 17.6 Å². The van der Waals surface area contributed by atoms with Gasteiger partial charge in [0, 0.05) is 20.4 Å². The topological polar surface area (TPSA) is 85.5 Å². The Labute approximate surface area is 139 Å². The summed E-state index contributed by atoms with van der Waals surface area (Å²) in [6.45, 7) is 3.76. The maximum absolute atomic E-state index is 12.2. The maximum Gasteiger partial charge on any atom is 0.308 e. The molecule has 0 saturated heterocycles. The standard InChI is InChI=1S/C17H19N3O4/c1-11-18-16(19-24-11)10-23-17(22)9-15-14-6-4-3-5-13(14)7-8-20(15)12(2)21/h3-6,15H,7-10H2,1-2H3/t15-/m0/s1. The van der Waals surface area contributed by atoms with Crippen LogP contribution in [0.5, 0.6) is 0 Å². The van der Waals surface area contributed by atoms with Crippen molar-refractivity contribution in [2.24, 2.45) is 0 Å². The molecule has 1 aromatic carbocycles. The Hall–Kier alpha value is -2.70. The highest BCUT2D eigenvalue weighted by molar-refractivity contribution is 5.76. The third kappa shape index (κ3) is 3.45. The molecule has 0 saturated carbocycles. The van der Waals surface area contributed by atoms with Crippen LogP contribution in [0.3, 0.4) is 0 Å². The van der Waals surface area contributed by atoms with Gasteiger partial charge < -0.3 is 14.2 Å². The molecule has 1 amide bonds. The van der Waals surface area contributed by atoms with E-state index in [1.807, 2.05) is 24.3 Å². The van der Waals surface area contributed by atoms with E-state index >= 15 is 0 Å². The molecular formula is C17H19N3O4. The lowest BCUT2D eigenvalue weighted by atomic mass is 9.90.